The van der Waals surface area contributed by atoms with Crippen LogP contribution in [0, 0.1) is 12.8 Å². The number of hydrogen-bond donors (Lipinski definition) is 1. The summed E-state index contributed by atoms with van der Waals surface area (Å²) in [5, 5.41) is 5.22. The van der Waals surface area contributed by atoms with Gasteiger partial charge in [-0.1, -0.05) is 25.3 Å². The number of aryl methyl sites for hydroxylation is 1. The van der Waals surface area contributed by atoms with Gasteiger partial charge in [0, 0.05) is 11.9 Å². The monoisotopic (exact) mass is 431 g/mol. The van der Waals surface area contributed by atoms with Crippen LogP contribution in [0.25, 0.3) is 0 Å². The van der Waals surface area contributed by atoms with Crippen molar-refractivity contribution in [3.05, 3.63) is 34.8 Å². The topological polar surface area (TPSA) is 80.8 Å². The Morgan fingerprint density at radius 3 is 2.40 bits per heavy atom. The fourth-order valence-electron chi connectivity index (χ4n) is 3.86. The maximum absolute atomic E-state index is 13.5. The molecule has 0 aliphatic heterocycles. The highest BCUT2D eigenvalue weighted by Crippen LogP contribution is 2.31. The zero-order valence-electron chi connectivity index (χ0n) is 17.8. The molecule has 1 aromatic heterocycles. The number of nitrogens with one attached hydrogen (secondary N) is 1. The van der Waals surface area contributed by atoms with Crippen molar-refractivity contribution in [2.24, 2.45) is 5.92 Å². The Kier molecular flexibility index (Phi) is 7.68. The lowest BCUT2D eigenvalue weighted by atomic mass is 9.89. The maximum atomic E-state index is 13.5. The molecular weight excluding hydrogens is 402 g/mol. The number of hydrogen-bond acceptors (Lipinski definition) is 6. The molecule has 0 atom stereocenters. The number of rotatable bonds is 8. The van der Waals surface area contributed by atoms with Crippen LogP contribution in [0.15, 0.2) is 23.6 Å². The van der Waals surface area contributed by atoms with Crippen molar-refractivity contribution >= 4 is 28.3 Å². The molecule has 162 valence electrons. The van der Waals surface area contributed by atoms with E-state index in [1.165, 1.54) is 32.0 Å². The van der Waals surface area contributed by atoms with E-state index >= 15 is 0 Å². The summed E-state index contributed by atoms with van der Waals surface area (Å²) in [7, 11) is 3.04. The van der Waals surface area contributed by atoms with Crippen LogP contribution in [0.4, 0.5) is 5.13 Å². The lowest BCUT2D eigenvalue weighted by molar-refractivity contribution is -0.117. The summed E-state index contributed by atoms with van der Waals surface area (Å²) in [6.07, 6.45) is 5.69. The predicted octanol–water partition coefficient (Wildman–Crippen LogP) is 4.13. The van der Waals surface area contributed by atoms with Gasteiger partial charge in [0.2, 0.25) is 5.91 Å². The quantitative estimate of drug-likeness (QED) is 0.680. The molecule has 1 N–H and O–H groups in total. The van der Waals surface area contributed by atoms with Gasteiger partial charge in [-0.2, -0.15) is 0 Å². The van der Waals surface area contributed by atoms with Gasteiger partial charge in [0.05, 0.1) is 19.9 Å². The van der Waals surface area contributed by atoms with E-state index in [4.69, 9.17) is 9.47 Å². The molecule has 1 aliphatic rings. The van der Waals surface area contributed by atoms with Crippen LogP contribution in [0.3, 0.4) is 0 Å². The number of aromatic nitrogens is 1. The smallest absolute Gasteiger partial charge is 0.261 e. The van der Waals surface area contributed by atoms with E-state index in [0.717, 1.165) is 31.4 Å². The van der Waals surface area contributed by atoms with E-state index in [2.05, 4.69) is 10.3 Å². The van der Waals surface area contributed by atoms with Gasteiger partial charge in [-0.3, -0.25) is 9.59 Å². The first-order valence-electron chi connectivity index (χ1n) is 10.2. The minimum atomic E-state index is -0.264. The van der Waals surface area contributed by atoms with Crippen molar-refractivity contribution < 1.29 is 19.1 Å². The molecule has 2 amide bonds. The molecular formula is C22H29N3O4S. The summed E-state index contributed by atoms with van der Waals surface area (Å²) in [5.41, 5.74) is 1.19. The molecule has 3 rings (SSSR count). The van der Waals surface area contributed by atoms with E-state index in [1.807, 2.05) is 12.3 Å². The van der Waals surface area contributed by atoms with Gasteiger partial charge in [0.1, 0.15) is 23.6 Å². The van der Waals surface area contributed by atoms with Crippen molar-refractivity contribution in [1.29, 1.82) is 0 Å². The van der Waals surface area contributed by atoms with Crippen LogP contribution in [0.2, 0.25) is 0 Å². The van der Waals surface area contributed by atoms with Gasteiger partial charge in [0.15, 0.2) is 5.13 Å². The molecule has 0 saturated heterocycles. The van der Waals surface area contributed by atoms with Crippen LogP contribution in [-0.2, 0) is 4.79 Å². The third kappa shape index (κ3) is 5.50. The van der Waals surface area contributed by atoms with E-state index in [9.17, 15) is 9.59 Å². The van der Waals surface area contributed by atoms with E-state index < -0.39 is 0 Å². The third-order valence-electron chi connectivity index (χ3n) is 5.33. The van der Waals surface area contributed by atoms with Crippen molar-refractivity contribution in [2.75, 3.05) is 32.6 Å². The maximum Gasteiger partial charge on any atom is 0.261 e. The second kappa shape index (κ2) is 10.4. The molecule has 1 aliphatic carbocycles. The number of thiazole rings is 1. The number of benzene rings is 1. The molecule has 1 fully saturated rings. The minimum Gasteiger partial charge on any atom is -0.496 e. The molecule has 8 heteroatoms. The largest absolute Gasteiger partial charge is 0.496 e. The summed E-state index contributed by atoms with van der Waals surface area (Å²) in [5.74, 6) is 0.730. The standard InChI is InChI=1S/C22H29N3O4S/c1-15-14-30-22(23-15)24-19(26)13-25(12-16-8-5-4-6-9-16)21(27)20-17(28-2)10-7-11-18(20)29-3/h7,10-11,14,16H,4-6,8-9,12-13H2,1-3H3,(H,23,24,26). The lowest BCUT2D eigenvalue weighted by Crippen LogP contribution is -2.41. The Hall–Kier alpha value is -2.61. The third-order valence-corrected chi connectivity index (χ3v) is 6.21. The molecule has 2 aromatic rings. The average Bonchev–Trinajstić information content (AvgIpc) is 3.17. The van der Waals surface area contributed by atoms with Gasteiger partial charge < -0.3 is 19.7 Å². The predicted molar refractivity (Wildman–Crippen MR) is 118 cm³/mol. The second-order valence-electron chi connectivity index (χ2n) is 7.57. The van der Waals surface area contributed by atoms with Gasteiger partial charge in [-0.25, -0.2) is 4.98 Å². The van der Waals surface area contributed by atoms with E-state index in [1.54, 1.807) is 23.1 Å². The molecule has 7 nitrogen and oxygen atoms in total. The molecule has 1 heterocycles. The minimum absolute atomic E-state index is 0.0465. The molecule has 30 heavy (non-hydrogen) atoms. The number of amides is 2. The van der Waals surface area contributed by atoms with Crippen LogP contribution in [0.5, 0.6) is 11.5 Å². The zero-order chi connectivity index (χ0) is 21.5. The second-order valence-corrected chi connectivity index (χ2v) is 8.43. The number of anilines is 1. The molecule has 0 radical (unpaired) electrons. The number of methoxy groups -OCH3 is 2. The molecule has 1 aromatic carbocycles. The number of carbonyl (C=O) groups excluding carboxylic acids is 2. The summed E-state index contributed by atoms with van der Waals surface area (Å²) >= 11 is 1.37. The van der Waals surface area contributed by atoms with Gasteiger partial charge >= 0.3 is 0 Å². The Morgan fingerprint density at radius 2 is 1.83 bits per heavy atom. The first-order chi connectivity index (χ1) is 14.5. The molecule has 0 bridgehead atoms. The van der Waals surface area contributed by atoms with Gasteiger partial charge in [-0.05, 0) is 37.8 Å². The summed E-state index contributed by atoms with van der Waals surface area (Å²) < 4.78 is 10.8. The highest BCUT2D eigenvalue weighted by Gasteiger charge is 2.28. The molecule has 1 saturated carbocycles. The summed E-state index contributed by atoms with van der Waals surface area (Å²) in [4.78, 5) is 32.2. The van der Waals surface area contributed by atoms with Crippen LogP contribution >= 0.6 is 11.3 Å². The average molecular weight is 432 g/mol. The van der Waals surface area contributed by atoms with Gasteiger partial charge in [0.25, 0.3) is 5.91 Å². The van der Waals surface area contributed by atoms with Crippen LogP contribution in [0.1, 0.15) is 48.2 Å². The first kappa shape index (κ1) is 22.1. The fraction of sp³-hybridized carbons (Fsp3) is 0.500. The number of ether oxygens (including phenoxy) is 2. The Balaban J connectivity index is 1.83. The van der Waals surface area contributed by atoms with Crippen LogP contribution < -0.4 is 14.8 Å². The highest BCUT2D eigenvalue weighted by molar-refractivity contribution is 7.13. The SMILES string of the molecule is COc1cccc(OC)c1C(=O)N(CC(=O)Nc1nc(C)cs1)CC1CCCCC1. The molecule has 0 spiro atoms. The summed E-state index contributed by atoms with van der Waals surface area (Å²) in [6.45, 7) is 2.36. The zero-order valence-corrected chi connectivity index (χ0v) is 18.6. The van der Waals surface area contributed by atoms with Crippen molar-refractivity contribution in [3.63, 3.8) is 0 Å². The van der Waals surface area contributed by atoms with Gasteiger partial charge in [-0.15, -0.1) is 11.3 Å². The van der Waals surface area contributed by atoms with Crippen LogP contribution in [-0.4, -0.2) is 49.0 Å². The Labute approximate surface area is 181 Å². The first-order valence-corrected chi connectivity index (χ1v) is 11.1. The number of carbonyl (C=O) groups is 2. The lowest BCUT2D eigenvalue weighted by Gasteiger charge is -2.30. The van der Waals surface area contributed by atoms with Crippen molar-refractivity contribution in [3.8, 4) is 11.5 Å². The number of nitrogens with zero attached hydrogens (tertiary/aromatic N) is 2. The van der Waals surface area contributed by atoms with Crippen molar-refractivity contribution in [1.82, 2.24) is 9.88 Å². The molecule has 0 unspecified atom stereocenters. The normalized spacial score (nSPS) is 14.2. The Bertz CT molecular complexity index is 855. The Morgan fingerprint density at radius 1 is 1.17 bits per heavy atom. The van der Waals surface area contributed by atoms with Crippen molar-refractivity contribution in [2.45, 2.75) is 39.0 Å². The van der Waals surface area contributed by atoms with E-state index in [-0.39, 0.29) is 18.4 Å². The van der Waals surface area contributed by atoms with E-state index in [0.29, 0.717) is 34.7 Å². The highest BCUT2D eigenvalue weighted by atomic mass is 32.1. The summed E-state index contributed by atoms with van der Waals surface area (Å²) in [6, 6.07) is 5.23. The fourth-order valence-corrected chi connectivity index (χ4v) is 4.57.